The van der Waals surface area contributed by atoms with Crippen LogP contribution in [0.25, 0.3) is 5.69 Å². The summed E-state index contributed by atoms with van der Waals surface area (Å²) in [6.07, 6.45) is 15.2. The number of aromatic nitrogens is 2. The van der Waals surface area contributed by atoms with Gasteiger partial charge in [-0.05, 0) is 43.4 Å². The van der Waals surface area contributed by atoms with E-state index >= 15 is 0 Å². The lowest BCUT2D eigenvalue weighted by molar-refractivity contribution is -0.121. The highest BCUT2D eigenvalue weighted by Gasteiger charge is 2.14. The molecule has 1 unspecified atom stereocenters. The molecule has 2 aromatic rings. The fourth-order valence-electron chi connectivity index (χ4n) is 3.77. The Morgan fingerprint density at radius 1 is 1.24 bits per heavy atom. The van der Waals surface area contributed by atoms with Crippen LogP contribution >= 0.6 is 0 Å². The monoisotopic (exact) mass is 339 g/mol. The van der Waals surface area contributed by atoms with E-state index in [1.54, 1.807) is 12.5 Å². The average molecular weight is 339 g/mol. The van der Waals surface area contributed by atoms with Crippen molar-refractivity contribution in [3.05, 3.63) is 48.5 Å². The van der Waals surface area contributed by atoms with E-state index in [-0.39, 0.29) is 11.9 Å². The third-order valence-corrected chi connectivity index (χ3v) is 5.31. The summed E-state index contributed by atoms with van der Waals surface area (Å²) < 4.78 is 1.97. The first-order valence-corrected chi connectivity index (χ1v) is 9.60. The number of carbonyl (C=O) groups is 1. The first kappa shape index (κ1) is 17.7. The Balaban J connectivity index is 1.43. The Hall–Kier alpha value is -2.10. The molecule has 1 saturated carbocycles. The molecule has 4 heteroatoms. The zero-order valence-electron chi connectivity index (χ0n) is 15.2. The molecule has 1 atom stereocenters. The van der Waals surface area contributed by atoms with Crippen molar-refractivity contribution in [2.45, 2.75) is 64.3 Å². The predicted molar refractivity (Wildman–Crippen MR) is 101 cm³/mol. The highest BCUT2D eigenvalue weighted by Crippen LogP contribution is 2.27. The number of nitrogens with zero attached hydrogens (tertiary/aromatic N) is 2. The Morgan fingerprint density at radius 3 is 2.68 bits per heavy atom. The SMILES string of the molecule is CC(NC(=O)CCCC1CCCCC1)c1ccc(-n2ccnc2)cc1. The first-order valence-electron chi connectivity index (χ1n) is 9.60. The lowest BCUT2D eigenvalue weighted by atomic mass is 9.86. The molecule has 0 radical (unpaired) electrons. The molecule has 3 rings (SSSR count). The van der Waals surface area contributed by atoms with E-state index in [0.29, 0.717) is 6.42 Å². The molecule has 0 aliphatic heterocycles. The fraction of sp³-hybridized carbons (Fsp3) is 0.524. The molecule has 1 N–H and O–H groups in total. The van der Waals surface area contributed by atoms with Gasteiger partial charge in [0.2, 0.25) is 5.91 Å². The minimum absolute atomic E-state index is 0.0408. The highest BCUT2D eigenvalue weighted by atomic mass is 16.1. The number of nitrogens with one attached hydrogen (secondary N) is 1. The first-order chi connectivity index (χ1) is 12.2. The van der Waals surface area contributed by atoms with Gasteiger partial charge in [-0.15, -0.1) is 0 Å². The molecule has 1 heterocycles. The largest absolute Gasteiger partial charge is 0.350 e. The maximum Gasteiger partial charge on any atom is 0.220 e. The summed E-state index contributed by atoms with van der Waals surface area (Å²) in [6, 6.07) is 8.30. The summed E-state index contributed by atoms with van der Waals surface area (Å²) in [5, 5.41) is 3.13. The maximum atomic E-state index is 12.2. The van der Waals surface area contributed by atoms with Crippen LogP contribution in [0, 0.1) is 5.92 Å². The molecular weight excluding hydrogens is 310 g/mol. The summed E-state index contributed by atoms with van der Waals surface area (Å²) in [6.45, 7) is 2.05. The van der Waals surface area contributed by atoms with E-state index in [0.717, 1.165) is 23.6 Å². The van der Waals surface area contributed by atoms with Gasteiger partial charge in [-0.25, -0.2) is 4.98 Å². The van der Waals surface area contributed by atoms with Gasteiger partial charge in [-0.3, -0.25) is 4.79 Å². The van der Waals surface area contributed by atoms with Crippen molar-refractivity contribution >= 4 is 5.91 Å². The number of amides is 1. The summed E-state index contributed by atoms with van der Waals surface area (Å²) in [7, 11) is 0. The van der Waals surface area contributed by atoms with Crippen molar-refractivity contribution in [1.82, 2.24) is 14.9 Å². The summed E-state index contributed by atoms with van der Waals surface area (Å²) in [5.74, 6) is 1.02. The lowest BCUT2D eigenvalue weighted by Crippen LogP contribution is -2.26. The molecule has 1 aromatic carbocycles. The number of benzene rings is 1. The van der Waals surface area contributed by atoms with Crippen molar-refractivity contribution in [2.75, 3.05) is 0 Å². The van der Waals surface area contributed by atoms with Crippen LogP contribution in [0.2, 0.25) is 0 Å². The molecule has 1 fully saturated rings. The zero-order valence-corrected chi connectivity index (χ0v) is 15.2. The van der Waals surface area contributed by atoms with E-state index in [9.17, 15) is 4.79 Å². The third kappa shape index (κ3) is 5.18. The summed E-state index contributed by atoms with van der Waals surface area (Å²) in [5.41, 5.74) is 2.21. The number of carbonyl (C=O) groups excluding carboxylic acids is 1. The van der Waals surface area contributed by atoms with Crippen LogP contribution in [0.1, 0.15) is 69.9 Å². The molecule has 25 heavy (non-hydrogen) atoms. The second kappa shape index (κ2) is 8.84. The Morgan fingerprint density at radius 2 is 2.00 bits per heavy atom. The van der Waals surface area contributed by atoms with Gasteiger partial charge in [0.15, 0.2) is 0 Å². The van der Waals surface area contributed by atoms with Crippen LogP contribution in [0.5, 0.6) is 0 Å². The van der Waals surface area contributed by atoms with Crippen LogP contribution in [0.3, 0.4) is 0 Å². The molecule has 0 spiro atoms. The average Bonchev–Trinajstić information content (AvgIpc) is 3.17. The van der Waals surface area contributed by atoms with Crippen molar-refractivity contribution in [1.29, 1.82) is 0 Å². The van der Waals surface area contributed by atoms with E-state index in [1.807, 2.05) is 17.7 Å². The quantitative estimate of drug-likeness (QED) is 0.787. The molecular formula is C21H29N3O. The second-order valence-corrected chi connectivity index (χ2v) is 7.25. The van der Waals surface area contributed by atoms with Gasteiger partial charge in [-0.2, -0.15) is 0 Å². The molecule has 1 aromatic heterocycles. The molecule has 0 bridgehead atoms. The molecule has 134 valence electrons. The minimum Gasteiger partial charge on any atom is -0.350 e. The Kier molecular flexibility index (Phi) is 6.26. The standard InChI is InChI=1S/C21H29N3O/c1-17(19-10-12-20(13-11-19)24-15-14-22-16-24)23-21(25)9-5-8-18-6-3-2-4-7-18/h10-18H,2-9H2,1H3,(H,23,25). The molecule has 4 nitrogen and oxygen atoms in total. The molecule has 1 amide bonds. The topological polar surface area (TPSA) is 46.9 Å². The summed E-state index contributed by atoms with van der Waals surface area (Å²) in [4.78, 5) is 16.3. The van der Waals surface area contributed by atoms with E-state index in [2.05, 4.69) is 34.6 Å². The van der Waals surface area contributed by atoms with Gasteiger partial charge in [-0.1, -0.05) is 44.2 Å². The number of rotatable bonds is 7. The zero-order chi connectivity index (χ0) is 17.5. The molecule has 0 saturated heterocycles. The van der Waals surface area contributed by atoms with E-state index in [4.69, 9.17) is 0 Å². The fourth-order valence-corrected chi connectivity index (χ4v) is 3.77. The van der Waals surface area contributed by atoms with Crippen molar-refractivity contribution < 1.29 is 4.79 Å². The van der Waals surface area contributed by atoms with Gasteiger partial charge in [0, 0.05) is 24.5 Å². The summed E-state index contributed by atoms with van der Waals surface area (Å²) >= 11 is 0. The van der Waals surface area contributed by atoms with Crippen LogP contribution in [0.15, 0.2) is 43.0 Å². The van der Waals surface area contributed by atoms with Crippen LogP contribution in [-0.2, 0) is 4.79 Å². The van der Waals surface area contributed by atoms with Gasteiger partial charge in [0.05, 0.1) is 12.4 Å². The third-order valence-electron chi connectivity index (χ3n) is 5.31. The highest BCUT2D eigenvalue weighted by molar-refractivity contribution is 5.76. The predicted octanol–water partition coefficient (Wildman–Crippen LogP) is 4.80. The van der Waals surface area contributed by atoms with Gasteiger partial charge in [0.25, 0.3) is 0 Å². The van der Waals surface area contributed by atoms with Crippen molar-refractivity contribution in [3.63, 3.8) is 0 Å². The normalized spacial score (nSPS) is 16.5. The van der Waals surface area contributed by atoms with Gasteiger partial charge in [0.1, 0.15) is 0 Å². The lowest BCUT2D eigenvalue weighted by Gasteiger charge is -2.21. The van der Waals surface area contributed by atoms with Crippen LogP contribution < -0.4 is 5.32 Å². The maximum absolute atomic E-state index is 12.2. The molecule has 1 aliphatic rings. The van der Waals surface area contributed by atoms with Crippen molar-refractivity contribution in [3.8, 4) is 5.69 Å². The smallest absolute Gasteiger partial charge is 0.220 e. The Bertz CT molecular complexity index is 642. The van der Waals surface area contributed by atoms with Crippen molar-refractivity contribution in [2.24, 2.45) is 5.92 Å². The number of imidazole rings is 1. The van der Waals surface area contributed by atoms with Crippen LogP contribution in [0.4, 0.5) is 0 Å². The van der Waals surface area contributed by atoms with E-state index < -0.39 is 0 Å². The van der Waals surface area contributed by atoms with E-state index in [1.165, 1.54) is 38.5 Å². The second-order valence-electron chi connectivity index (χ2n) is 7.25. The van der Waals surface area contributed by atoms with Gasteiger partial charge < -0.3 is 9.88 Å². The number of hydrogen-bond donors (Lipinski definition) is 1. The minimum atomic E-state index is 0.0408. The van der Waals surface area contributed by atoms with Gasteiger partial charge >= 0.3 is 0 Å². The molecule has 1 aliphatic carbocycles. The number of hydrogen-bond acceptors (Lipinski definition) is 2. The Labute approximate surface area is 150 Å². The van der Waals surface area contributed by atoms with Crippen LogP contribution in [-0.4, -0.2) is 15.5 Å².